The van der Waals surface area contributed by atoms with Crippen molar-refractivity contribution in [2.45, 2.75) is 34.7 Å². The van der Waals surface area contributed by atoms with Gasteiger partial charge in [0, 0.05) is 28.0 Å². The number of rotatable bonds is 6. The van der Waals surface area contributed by atoms with Crippen molar-refractivity contribution >= 4 is 57.4 Å². The Balaban J connectivity index is 1.83. The zero-order valence-corrected chi connectivity index (χ0v) is 16.4. The highest BCUT2D eigenvalue weighted by Gasteiger charge is 2.11. The molecule has 3 aromatic rings. The molecule has 0 unspecified atom stereocenters. The molecular weight excluding hydrogens is 384 g/mol. The Hall–Kier alpha value is -1.02. The molecule has 2 heterocycles. The van der Waals surface area contributed by atoms with Crippen molar-refractivity contribution in [1.29, 1.82) is 0 Å². The summed E-state index contributed by atoms with van der Waals surface area (Å²) in [6.45, 7) is 4.03. The van der Waals surface area contributed by atoms with Gasteiger partial charge in [-0.05, 0) is 36.6 Å². The third kappa shape index (κ3) is 4.14. The van der Waals surface area contributed by atoms with Gasteiger partial charge in [0.1, 0.15) is 5.58 Å². The molecule has 0 bridgehead atoms. The molecule has 1 aromatic carbocycles. The average molecular weight is 399 g/mol. The van der Waals surface area contributed by atoms with E-state index >= 15 is 0 Å². The standard InChI is InChI=1S/C16H15ClN2O2S3/c1-3-4-22-15-18-19-16(24-15)23-8-10-6-14(20)21-13-5-9(2)12(17)7-11(10)13/h5-7H,3-4,8H2,1-2H3. The molecular formula is C16H15ClN2O2S3. The third-order valence-electron chi connectivity index (χ3n) is 3.28. The SMILES string of the molecule is CCCSc1nnc(SCc2cc(=O)oc3cc(C)c(Cl)cc23)s1. The fraction of sp³-hybridized carbons (Fsp3) is 0.312. The van der Waals surface area contributed by atoms with Crippen LogP contribution in [0.2, 0.25) is 5.02 Å². The Morgan fingerprint density at radius 1 is 1.21 bits per heavy atom. The highest BCUT2D eigenvalue weighted by Crippen LogP contribution is 2.33. The topological polar surface area (TPSA) is 56.0 Å². The Labute approximate surface area is 157 Å². The van der Waals surface area contributed by atoms with E-state index in [-0.39, 0.29) is 5.63 Å². The van der Waals surface area contributed by atoms with Gasteiger partial charge in [-0.2, -0.15) is 0 Å². The van der Waals surface area contributed by atoms with Crippen LogP contribution in [-0.4, -0.2) is 16.0 Å². The summed E-state index contributed by atoms with van der Waals surface area (Å²) in [6, 6.07) is 5.18. The van der Waals surface area contributed by atoms with Crippen molar-refractivity contribution in [1.82, 2.24) is 10.2 Å². The fourth-order valence-electron chi connectivity index (χ4n) is 2.11. The Bertz CT molecular complexity index is 923. The molecule has 0 spiro atoms. The Morgan fingerprint density at radius 3 is 2.71 bits per heavy atom. The molecule has 0 saturated carbocycles. The van der Waals surface area contributed by atoms with Crippen molar-refractivity contribution in [2.75, 3.05) is 5.75 Å². The van der Waals surface area contributed by atoms with E-state index in [4.69, 9.17) is 16.0 Å². The fourth-order valence-corrected chi connectivity index (χ4v) is 5.21. The molecule has 0 aliphatic rings. The number of nitrogens with zero attached hydrogens (tertiary/aromatic N) is 2. The van der Waals surface area contributed by atoms with E-state index in [1.165, 1.54) is 6.07 Å². The molecule has 0 saturated heterocycles. The molecule has 0 radical (unpaired) electrons. The van der Waals surface area contributed by atoms with Crippen LogP contribution in [0.5, 0.6) is 0 Å². The van der Waals surface area contributed by atoms with Gasteiger partial charge in [0.2, 0.25) is 0 Å². The van der Waals surface area contributed by atoms with Gasteiger partial charge in [-0.1, -0.05) is 53.4 Å². The first-order valence-electron chi connectivity index (χ1n) is 7.39. The van der Waals surface area contributed by atoms with Crippen molar-refractivity contribution in [3.8, 4) is 0 Å². The van der Waals surface area contributed by atoms with Crippen molar-refractivity contribution in [3.05, 3.63) is 44.8 Å². The summed E-state index contributed by atoms with van der Waals surface area (Å²) >= 11 is 11.1. The van der Waals surface area contributed by atoms with Crippen LogP contribution >= 0.6 is 46.5 Å². The minimum Gasteiger partial charge on any atom is -0.423 e. The number of hydrogen-bond acceptors (Lipinski definition) is 7. The van der Waals surface area contributed by atoms with Crippen molar-refractivity contribution in [3.63, 3.8) is 0 Å². The molecule has 0 N–H and O–H groups in total. The van der Waals surface area contributed by atoms with Crippen LogP contribution in [0.4, 0.5) is 0 Å². The summed E-state index contributed by atoms with van der Waals surface area (Å²) in [4.78, 5) is 11.8. The molecule has 126 valence electrons. The number of fused-ring (bicyclic) bond motifs is 1. The lowest BCUT2D eigenvalue weighted by atomic mass is 10.1. The predicted molar refractivity (Wildman–Crippen MR) is 103 cm³/mol. The van der Waals surface area contributed by atoms with Crippen LogP contribution in [0.3, 0.4) is 0 Å². The van der Waals surface area contributed by atoms with E-state index < -0.39 is 0 Å². The highest BCUT2D eigenvalue weighted by atomic mass is 35.5. The summed E-state index contributed by atoms with van der Waals surface area (Å²) in [5.74, 6) is 1.66. The second kappa shape index (κ2) is 7.91. The largest absolute Gasteiger partial charge is 0.423 e. The molecule has 0 fully saturated rings. The first kappa shape index (κ1) is 17.8. The minimum atomic E-state index is -0.351. The number of thioether (sulfide) groups is 2. The lowest BCUT2D eigenvalue weighted by Crippen LogP contribution is -2.00. The maximum absolute atomic E-state index is 11.8. The van der Waals surface area contributed by atoms with Gasteiger partial charge < -0.3 is 4.42 Å². The quantitative estimate of drug-likeness (QED) is 0.409. The Kier molecular flexibility index (Phi) is 5.86. The van der Waals surface area contributed by atoms with Gasteiger partial charge in [0.05, 0.1) is 0 Å². The van der Waals surface area contributed by atoms with E-state index in [9.17, 15) is 4.79 Å². The molecule has 2 aromatic heterocycles. The molecule has 4 nitrogen and oxygen atoms in total. The third-order valence-corrected chi connectivity index (χ3v) is 7.13. The number of benzene rings is 1. The lowest BCUT2D eigenvalue weighted by Gasteiger charge is -2.06. The molecule has 3 rings (SSSR count). The van der Waals surface area contributed by atoms with Crippen molar-refractivity contribution in [2.24, 2.45) is 0 Å². The van der Waals surface area contributed by atoms with E-state index in [2.05, 4.69) is 17.1 Å². The van der Waals surface area contributed by atoms with Crippen LogP contribution in [0.1, 0.15) is 24.5 Å². The number of aryl methyl sites for hydroxylation is 1. The minimum absolute atomic E-state index is 0.351. The monoisotopic (exact) mass is 398 g/mol. The summed E-state index contributed by atoms with van der Waals surface area (Å²) in [6.07, 6.45) is 1.11. The van der Waals surface area contributed by atoms with E-state index in [1.807, 2.05) is 13.0 Å². The zero-order chi connectivity index (χ0) is 17.1. The van der Waals surface area contributed by atoms with Crippen LogP contribution in [-0.2, 0) is 5.75 Å². The van der Waals surface area contributed by atoms with E-state index in [0.717, 1.165) is 37.4 Å². The average Bonchev–Trinajstić information content (AvgIpc) is 3.00. The molecule has 0 amide bonds. The van der Waals surface area contributed by atoms with Crippen LogP contribution in [0, 0.1) is 6.92 Å². The molecule has 0 aliphatic carbocycles. The van der Waals surface area contributed by atoms with Crippen LogP contribution in [0.15, 0.2) is 36.1 Å². The first-order chi connectivity index (χ1) is 11.6. The summed E-state index contributed by atoms with van der Waals surface area (Å²) in [5.41, 5.74) is 2.00. The summed E-state index contributed by atoms with van der Waals surface area (Å²) in [5, 5.41) is 9.91. The molecule has 0 atom stereocenters. The first-order valence-corrected chi connectivity index (χ1v) is 10.6. The number of aromatic nitrogens is 2. The van der Waals surface area contributed by atoms with Crippen LogP contribution < -0.4 is 5.63 Å². The summed E-state index contributed by atoms with van der Waals surface area (Å²) in [7, 11) is 0. The van der Waals surface area contributed by atoms with Crippen molar-refractivity contribution < 1.29 is 4.42 Å². The second-order valence-corrected chi connectivity index (χ2v) is 9.11. The van der Waals surface area contributed by atoms with E-state index in [0.29, 0.717) is 16.4 Å². The van der Waals surface area contributed by atoms with Gasteiger partial charge in [0.15, 0.2) is 8.68 Å². The van der Waals surface area contributed by atoms with E-state index in [1.54, 1.807) is 40.9 Å². The highest BCUT2D eigenvalue weighted by molar-refractivity contribution is 8.02. The normalized spacial score (nSPS) is 11.3. The number of halogens is 1. The maximum atomic E-state index is 11.8. The summed E-state index contributed by atoms with van der Waals surface area (Å²) < 4.78 is 7.16. The zero-order valence-electron chi connectivity index (χ0n) is 13.2. The second-order valence-electron chi connectivity index (χ2n) is 5.16. The van der Waals surface area contributed by atoms with Crippen LogP contribution in [0.25, 0.3) is 11.0 Å². The number of hydrogen-bond donors (Lipinski definition) is 0. The molecule has 24 heavy (non-hydrogen) atoms. The maximum Gasteiger partial charge on any atom is 0.336 e. The molecule has 0 aliphatic heterocycles. The van der Waals surface area contributed by atoms with Gasteiger partial charge in [-0.25, -0.2) is 4.79 Å². The lowest BCUT2D eigenvalue weighted by molar-refractivity contribution is 0.559. The predicted octanol–water partition coefficient (Wildman–Crippen LogP) is 5.40. The van der Waals surface area contributed by atoms with Gasteiger partial charge >= 0.3 is 5.63 Å². The smallest absolute Gasteiger partial charge is 0.336 e. The molecule has 8 heteroatoms. The van der Waals surface area contributed by atoms with Gasteiger partial charge in [-0.3, -0.25) is 0 Å². The Morgan fingerprint density at radius 2 is 1.96 bits per heavy atom. The van der Waals surface area contributed by atoms with Gasteiger partial charge in [-0.15, -0.1) is 10.2 Å². The van der Waals surface area contributed by atoms with Gasteiger partial charge in [0.25, 0.3) is 0 Å².